The Labute approximate surface area is 125 Å². The highest BCUT2D eigenvalue weighted by Crippen LogP contribution is 2.38. The standard InChI is InChI=1S/C13H13ClN2O5/c1-5-10(12(18)19)11(16-13(20)15-5)6-3-9(21-2)8(17)4-7(6)14/h3-4,11,17H,1-2H3,(H,18,19)(H2,15,16,20). The van der Waals surface area contributed by atoms with Crippen molar-refractivity contribution < 1.29 is 24.5 Å². The second-order valence-electron chi connectivity index (χ2n) is 4.42. The zero-order valence-electron chi connectivity index (χ0n) is 11.2. The third-order valence-electron chi connectivity index (χ3n) is 3.11. The third-order valence-corrected chi connectivity index (χ3v) is 3.44. The Morgan fingerprint density at radius 1 is 1.43 bits per heavy atom. The second-order valence-corrected chi connectivity index (χ2v) is 4.83. The molecule has 0 radical (unpaired) electrons. The Kier molecular flexibility index (Phi) is 3.95. The Bertz CT molecular complexity index is 656. The number of allylic oxidation sites excluding steroid dienone is 1. The van der Waals surface area contributed by atoms with Crippen molar-refractivity contribution in [2.24, 2.45) is 0 Å². The molecule has 1 aromatic rings. The van der Waals surface area contributed by atoms with Crippen LogP contribution in [0.15, 0.2) is 23.4 Å². The van der Waals surface area contributed by atoms with E-state index >= 15 is 0 Å². The quantitative estimate of drug-likeness (QED) is 0.680. The summed E-state index contributed by atoms with van der Waals surface area (Å²) in [4.78, 5) is 23.0. The smallest absolute Gasteiger partial charge is 0.335 e. The van der Waals surface area contributed by atoms with E-state index in [4.69, 9.17) is 16.3 Å². The number of carbonyl (C=O) groups is 2. The summed E-state index contributed by atoms with van der Waals surface area (Å²) in [6.07, 6.45) is 0. The Morgan fingerprint density at radius 3 is 2.67 bits per heavy atom. The Balaban J connectivity index is 2.61. The van der Waals surface area contributed by atoms with Crippen LogP contribution in [0.1, 0.15) is 18.5 Å². The number of rotatable bonds is 3. The molecular formula is C13H13ClN2O5. The molecule has 1 atom stereocenters. The number of methoxy groups -OCH3 is 1. The van der Waals surface area contributed by atoms with Gasteiger partial charge in [0.1, 0.15) is 0 Å². The highest BCUT2D eigenvalue weighted by Gasteiger charge is 2.32. The zero-order valence-corrected chi connectivity index (χ0v) is 12.0. The van der Waals surface area contributed by atoms with Crippen LogP contribution < -0.4 is 15.4 Å². The van der Waals surface area contributed by atoms with Gasteiger partial charge in [0.25, 0.3) is 0 Å². The minimum Gasteiger partial charge on any atom is -0.504 e. The molecule has 0 saturated carbocycles. The lowest BCUT2D eigenvalue weighted by molar-refractivity contribution is -0.133. The van der Waals surface area contributed by atoms with Crippen LogP contribution in [-0.4, -0.2) is 29.3 Å². The predicted molar refractivity (Wildman–Crippen MR) is 74.4 cm³/mol. The lowest BCUT2D eigenvalue weighted by atomic mass is 9.95. The van der Waals surface area contributed by atoms with Gasteiger partial charge in [0.05, 0.1) is 23.7 Å². The summed E-state index contributed by atoms with van der Waals surface area (Å²) in [5.41, 5.74) is 0.501. The van der Waals surface area contributed by atoms with E-state index < -0.39 is 18.0 Å². The van der Waals surface area contributed by atoms with Crippen LogP contribution in [-0.2, 0) is 4.79 Å². The number of nitrogens with one attached hydrogen (secondary N) is 2. The van der Waals surface area contributed by atoms with Gasteiger partial charge in [-0.05, 0) is 13.0 Å². The molecule has 0 spiro atoms. The molecule has 0 aliphatic carbocycles. The summed E-state index contributed by atoms with van der Waals surface area (Å²) in [6.45, 7) is 1.49. The summed E-state index contributed by atoms with van der Waals surface area (Å²) in [5, 5.41) is 24.0. The van der Waals surface area contributed by atoms with Gasteiger partial charge in [0.2, 0.25) is 0 Å². The molecule has 1 heterocycles. The van der Waals surface area contributed by atoms with Gasteiger partial charge in [-0.3, -0.25) is 0 Å². The summed E-state index contributed by atoms with van der Waals surface area (Å²) in [5.74, 6) is -1.23. The fourth-order valence-corrected chi connectivity index (χ4v) is 2.42. The average molecular weight is 313 g/mol. The van der Waals surface area contributed by atoms with Crippen molar-refractivity contribution in [3.63, 3.8) is 0 Å². The van der Waals surface area contributed by atoms with E-state index in [0.717, 1.165) is 0 Å². The van der Waals surface area contributed by atoms with Gasteiger partial charge in [0, 0.05) is 17.3 Å². The minimum absolute atomic E-state index is 0.0377. The van der Waals surface area contributed by atoms with Crippen molar-refractivity contribution >= 4 is 23.6 Å². The molecule has 0 bridgehead atoms. The molecule has 2 amide bonds. The molecule has 7 nitrogen and oxygen atoms in total. The fourth-order valence-electron chi connectivity index (χ4n) is 2.15. The average Bonchev–Trinajstić information content (AvgIpc) is 2.37. The van der Waals surface area contributed by atoms with Crippen molar-refractivity contribution in [1.29, 1.82) is 0 Å². The number of carbonyl (C=O) groups excluding carboxylic acids is 1. The van der Waals surface area contributed by atoms with E-state index in [2.05, 4.69) is 10.6 Å². The van der Waals surface area contributed by atoms with Crippen LogP contribution in [0.25, 0.3) is 0 Å². The number of halogens is 1. The molecule has 112 valence electrons. The topological polar surface area (TPSA) is 108 Å². The van der Waals surface area contributed by atoms with Crippen molar-refractivity contribution in [3.05, 3.63) is 34.0 Å². The van der Waals surface area contributed by atoms with E-state index in [1.54, 1.807) is 0 Å². The van der Waals surface area contributed by atoms with Crippen LogP contribution in [0.4, 0.5) is 4.79 Å². The van der Waals surface area contributed by atoms with E-state index in [-0.39, 0.29) is 27.8 Å². The largest absolute Gasteiger partial charge is 0.504 e. The van der Waals surface area contributed by atoms with E-state index in [9.17, 15) is 19.8 Å². The van der Waals surface area contributed by atoms with Crippen LogP contribution >= 0.6 is 11.6 Å². The number of ether oxygens (including phenoxy) is 1. The van der Waals surface area contributed by atoms with Crippen molar-refractivity contribution in [2.75, 3.05) is 7.11 Å². The van der Waals surface area contributed by atoms with Crippen LogP contribution in [0.2, 0.25) is 5.02 Å². The van der Waals surface area contributed by atoms with Crippen molar-refractivity contribution in [3.8, 4) is 11.5 Å². The summed E-state index contributed by atoms with van der Waals surface area (Å²) < 4.78 is 4.98. The molecule has 21 heavy (non-hydrogen) atoms. The number of phenolic OH excluding ortho intramolecular Hbond substituents is 1. The molecule has 1 aliphatic heterocycles. The Morgan fingerprint density at radius 2 is 2.10 bits per heavy atom. The summed E-state index contributed by atoms with van der Waals surface area (Å²) in [7, 11) is 1.35. The number of phenols is 1. The number of urea groups is 1. The maximum atomic E-state index is 11.6. The zero-order chi connectivity index (χ0) is 15.7. The van der Waals surface area contributed by atoms with Gasteiger partial charge >= 0.3 is 12.0 Å². The number of amides is 2. The minimum atomic E-state index is -1.19. The van der Waals surface area contributed by atoms with Gasteiger partial charge in [-0.15, -0.1) is 0 Å². The molecule has 1 aliphatic rings. The van der Waals surface area contributed by atoms with Gasteiger partial charge in [0.15, 0.2) is 11.5 Å². The molecular weight excluding hydrogens is 300 g/mol. The maximum absolute atomic E-state index is 11.6. The summed E-state index contributed by atoms with van der Waals surface area (Å²) in [6, 6.07) is 1.15. The fraction of sp³-hybridized carbons (Fsp3) is 0.231. The highest BCUT2D eigenvalue weighted by atomic mass is 35.5. The normalized spacial score (nSPS) is 18.0. The second kappa shape index (κ2) is 5.53. The monoisotopic (exact) mass is 312 g/mol. The Hall–Kier alpha value is -2.41. The SMILES string of the molecule is COc1cc(C2NC(=O)NC(C)=C2C(=O)O)c(Cl)cc1O. The van der Waals surface area contributed by atoms with Gasteiger partial charge in [-0.1, -0.05) is 11.6 Å². The molecule has 1 unspecified atom stereocenters. The number of hydrogen-bond donors (Lipinski definition) is 4. The van der Waals surface area contributed by atoms with Gasteiger partial charge in [-0.2, -0.15) is 0 Å². The maximum Gasteiger partial charge on any atom is 0.335 e. The van der Waals surface area contributed by atoms with E-state index in [0.29, 0.717) is 5.56 Å². The summed E-state index contributed by atoms with van der Waals surface area (Å²) >= 11 is 6.05. The molecule has 8 heteroatoms. The molecule has 0 saturated heterocycles. The highest BCUT2D eigenvalue weighted by molar-refractivity contribution is 6.31. The first-order valence-corrected chi connectivity index (χ1v) is 6.31. The first kappa shape index (κ1) is 15.0. The molecule has 0 aromatic heterocycles. The number of aliphatic carboxylic acids is 1. The lowest BCUT2D eigenvalue weighted by Crippen LogP contribution is -2.45. The van der Waals surface area contributed by atoms with Crippen molar-refractivity contribution in [2.45, 2.75) is 13.0 Å². The van der Waals surface area contributed by atoms with Gasteiger partial charge < -0.3 is 25.6 Å². The molecule has 4 N–H and O–H groups in total. The van der Waals surface area contributed by atoms with Gasteiger partial charge in [-0.25, -0.2) is 9.59 Å². The number of aromatic hydroxyl groups is 1. The number of carboxylic acid groups (broad SMARTS) is 1. The number of carboxylic acids is 1. The van der Waals surface area contributed by atoms with Crippen LogP contribution in [0.5, 0.6) is 11.5 Å². The first-order valence-electron chi connectivity index (χ1n) is 5.93. The van der Waals surface area contributed by atoms with E-state index in [1.165, 1.54) is 26.2 Å². The predicted octanol–water partition coefficient (Wildman–Crippen LogP) is 1.77. The van der Waals surface area contributed by atoms with E-state index in [1.807, 2.05) is 0 Å². The molecule has 2 rings (SSSR count). The van der Waals surface area contributed by atoms with Crippen molar-refractivity contribution in [1.82, 2.24) is 10.6 Å². The lowest BCUT2D eigenvalue weighted by Gasteiger charge is -2.28. The molecule has 1 aromatic carbocycles. The number of benzene rings is 1. The first-order chi connectivity index (χ1) is 9.85. The number of hydrogen-bond acceptors (Lipinski definition) is 4. The third kappa shape index (κ3) is 2.73. The van der Waals surface area contributed by atoms with Crippen LogP contribution in [0.3, 0.4) is 0 Å². The molecule has 0 fully saturated rings. The van der Waals surface area contributed by atoms with Crippen LogP contribution in [0, 0.1) is 0 Å².